The lowest BCUT2D eigenvalue weighted by Gasteiger charge is -2.29. The van der Waals surface area contributed by atoms with E-state index in [-0.39, 0.29) is 74.9 Å². The van der Waals surface area contributed by atoms with Crippen LogP contribution in [-0.2, 0) is 70.4 Å². The molecule has 3 rings (SSSR count). The van der Waals surface area contributed by atoms with Crippen LogP contribution in [0.25, 0.3) is 0 Å². The molecule has 2 aromatic rings. The topological polar surface area (TPSA) is 549 Å². The molecule has 506 valence electrons. The third-order valence-corrected chi connectivity index (χ3v) is 15.1. The van der Waals surface area contributed by atoms with E-state index in [9.17, 15) is 83.1 Å². The molecule has 22 N–H and O–H groups in total. The molecule has 1 aliphatic heterocycles. The van der Waals surface area contributed by atoms with Crippen molar-refractivity contribution in [1.82, 2.24) is 68.0 Å². The fraction of sp³-hybridized carbons (Fsp3) is 0.607. The van der Waals surface area contributed by atoms with Gasteiger partial charge in [0, 0.05) is 37.8 Å². The molecule has 34 nitrogen and oxygen atoms in total. The lowest BCUT2D eigenvalue weighted by atomic mass is 10.0. The molecule has 1 aromatic heterocycles. The summed E-state index contributed by atoms with van der Waals surface area (Å²) in [6.07, 6.45) is 1.29. The molecule has 0 saturated carbocycles. The number of aliphatic carboxylic acids is 1. The number of nitrogens with zero attached hydrogens (tertiary/aromatic N) is 3. The number of aliphatic hydroxyl groups is 4. The van der Waals surface area contributed by atoms with Crippen molar-refractivity contribution in [2.24, 2.45) is 28.1 Å². The molecular formula is C56H89N17O17S. The van der Waals surface area contributed by atoms with Crippen LogP contribution < -0.4 is 70.4 Å². The standard InChI is InChI=1S/C56H89N17O17S/c1-27(2)41(57)54(88)73-19-12-16-40(73)51(85)66-34(15-11-18-61-56(58)59)47(81)69-38(24-74)49(83)65-35(17-20-91-7)46(80)64-28(3)44(78)63-29(4)45(79)71-42(30(5)76)52(86)67-36(22-33-23-60-26-62-33)48(82)70-39(25-75)50(84)72-43(31(6)77)53(87)68-37(55(89)90)21-32-13-9-8-10-14-32/h8-10,13-14,23,26-31,34-43,74-77H,11-12,15-22,24-25,57H2,1-7H3,(H,60,62)(H,63,78)(H,64,80)(H,65,83)(H,66,85)(H,67,86)(H,68,87)(H,69,81)(H,70,82)(H,71,79)(H,72,84)(H,89,90)(H4,58,59,61)/t28-,29-,30+,31+,34-,35-,36-,37-,38-,39-,40-,41-,42-,43-/m0/s1. The van der Waals surface area contributed by atoms with E-state index >= 15 is 0 Å². The number of carbonyl (C=O) groups is 12. The first-order chi connectivity index (χ1) is 42.9. The number of guanidine groups is 1. The number of aliphatic imine (C=N–C) groups is 1. The zero-order chi connectivity index (χ0) is 68.2. The van der Waals surface area contributed by atoms with Crippen molar-refractivity contribution in [3.63, 3.8) is 0 Å². The number of benzene rings is 1. The van der Waals surface area contributed by atoms with Crippen molar-refractivity contribution in [1.29, 1.82) is 0 Å². The molecule has 0 unspecified atom stereocenters. The van der Waals surface area contributed by atoms with Gasteiger partial charge < -0.3 is 106 Å². The number of thioether (sulfide) groups is 1. The molecule has 0 spiro atoms. The summed E-state index contributed by atoms with van der Waals surface area (Å²) < 4.78 is 0. The predicted octanol–water partition coefficient (Wildman–Crippen LogP) is -7.31. The van der Waals surface area contributed by atoms with Gasteiger partial charge in [-0.05, 0) is 83.3 Å². The number of aliphatic hydroxyl groups excluding tert-OH is 4. The third-order valence-electron chi connectivity index (χ3n) is 14.4. The largest absolute Gasteiger partial charge is 0.480 e. The maximum Gasteiger partial charge on any atom is 0.326 e. The number of imidazole rings is 1. The third kappa shape index (κ3) is 25.0. The number of aromatic nitrogens is 2. The van der Waals surface area contributed by atoms with E-state index in [0.717, 1.165) is 13.8 Å². The van der Waals surface area contributed by atoms with Gasteiger partial charge in [-0.3, -0.25) is 57.7 Å². The Kier molecular flexibility index (Phi) is 32.3. The number of carboxylic acid groups (broad SMARTS) is 1. The Morgan fingerprint density at radius 1 is 0.637 bits per heavy atom. The number of nitrogens with two attached hydrogens (primary N) is 3. The Labute approximate surface area is 529 Å². The van der Waals surface area contributed by atoms with E-state index < -0.39 is 169 Å². The highest BCUT2D eigenvalue weighted by molar-refractivity contribution is 7.98. The van der Waals surface area contributed by atoms with Crippen LogP contribution in [0.4, 0.5) is 0 Å². The number of likely N-dealkylation sites (tertiary alicyclic amines) is 1. The number of H-pyrrole nitrogens is 1. The molecule has 35 heteroatoms. The molecule has 0 aliphatic carbocycles. The van der Waals surface area contributed by atoms with Gasteiger partial charge in [-0.1, -0.05) is 44.2 Å². The Bertz CT molecular complexity index is 2810. The van der Waals surface area contributed by atoms with Crippen molar-refractivity contribution in [2.45, 2.75) is 171 Å². The quantitative estimate of drug-likeness (QED) is 0.0169. The summed E-state index contributed by atoms with van der Waals surface area (Å²) in [4.78, 5) is 174. The summed E-state index contributed by atoms with van der Waals surface area (Å²) in [6, 6.07) is -9.44. The minimum Gasteiger partial charge on any atom is -0.480 e. The highest BCUT2D eigenvalue weighted by Gasteiger charge is 2.40. The van der Waals surface area contributed by atoms with E-state index in [4.69, 9.17) is 17.2 Å². The summed E-state index contributed by atoms with van der Waals surface area (Å²) in [6.45, 7) is 6.46. The van der Waals surface area contributed by atoms with E-state index in [1.54, 1.807) is 50.4 Å². The van der Waals surface area contributed by atoms with E-state index in [0.29, 0.717) is 12.0 Å². The fourth-order valence-corrected chi connectivity index (χ4v) is 9.53. The maximum atomic E-state index is 13.9. The number of hydrogen-bond donors (Lipinski definition) is 19. The van der Waals surface area contributed by atoms with Gasteiger partial charge in [0.05, 0.1) is 37.8 Å². The number of rotatable bonds is 38. The first kappa shape index (κ1) is 76.7. The molecule has 1 fully saturated rings. The van der Waals surface area contributed by atoms with Gasteiger partial charge in [-0.2, -0.15) is 11.8 Å². The van der Waals surface area contributed by atoms with Crippen LogP contribution in [0.15, 0.2) is 47.8 Å². The highest BCUT2D eigenvalue weighted by Crippen LogP contribution is 2.21. The summed E-state index contributed by atoms with van der Waals surface area (Å²) >= 11 is 1.30. The first-order valence-corrected chi connectivity index (χ1v) is 30.8. The molecule has 0 radical (unpaired) electrons. The van der Waals surface area contributed by atoms with Gasteiger partial charge in [-0.25, -0.2) is 9.78 Å². The van der Waals surface area contributed by atoms with Crippen molar-refractivity contribution < 1.29 is 83.1 Å². The normalized spacial score (nSPS) is 17.2. The molecular weight excluding hydrogens is 1210 g/mol. The highest BCUT2D eigenvalue weighted by atomic mass is 32.2. The van der Waals surface area contributed by atoms with Crippen molar-refractivity contribution in [2.75, 3.05) is 38.3 Å². The summed E-state index contributed by atoms with van der Waals surface area (Å²) in [7, 11) is 0. The molecule has 1 aromatic carbocycles. The number of aromatic amines is 1. The number of amides is 11. The first-order valence-electron chi connectivity index (χ1n) is 29.4. The van der Waals surface area contributed by atoms with Crippen LogP contribution in [0.5, 0.6) is 0 Å². The van der Waals surface area contributed by atoms with Gasteiger partial charge in [0.15, 0.2) is 5.96 Å². The van der Waals surface area contributed by atoms with Crippen molar-refractivity contribution in [3.05, 3.63) is 54.1 Å². The Morgan fingerprint density at radius 3 is 1.64 bits per heavy atom. The molecule has 2 heterocycles. The average molecular weight is 1300 g/mol. The lowest BCUT2D eigenvalue weighted by Crippen LogP contribution is -2.63. The number of carbonyl (C=O) groups excluding carboxylic acids is 11. The molecule has 0 bridgehead atoms. The minimum atomic E-state index is -1.85. The predicted molar refractivity (Wildman–Crippen MR) is 329 cm³/mol. The van der Waals surface area contributed by atoms with Crippen LogP contribution in [0.2, 0.25) is 0 Å². The van der Waals surface area contributed by atoms with Gasteiger partial charge in [0.25, 0.3) is 0 Å². The number of hydrogen-bond acceptors (Lipinski definition) is 20. The molecule has 1 saturated heterocycles. The molecule has 91 heavy (non-hydrogen) atoms. The van der Waals surface area contributed by atoms with Crippen LogP contribution in [-0.4, -0.2) is 240 Å². The molecule has 11 amide bonds. The van der Waals surface area contributed by atoms with Crippen LogP contribution in [0, 0.1) is 5.92 Å². The maximum absolute atomic E-state index is 13.9. The number of carboxylic acids is 1. The lowest BCUT2D eigenvalue weighted by molar-refractivity contribution is -0.143. The zero-order valence-electron chi connectivity index (χ0n) is 51.8. The van der Waals surface area contributed by atoms with Gasteiger partial charge in [0.1, 0.15) is 66.5 Å². The number of nitrogens with one attached hydrogen (secondary N) is 11. The van der Waals surface area contributed by atoms with Crippen LogP contribution >= 0.6 is 11.8 Å². The fourth-order valence-electron chi connectivity index (χ4n) is 9.05. The van der Waals surface area contributed by atoms with Gasteiger partial charge >= 0.3 is 5.97 Å². The SMILES string of the molecule is CSCC[C@H](NC(=O)[C@H](CO)NC(=O)[C@H](CCCN=C(N)N)NC(=O)[C@@H]1CCCN1C(=O)[C@@H](N)C(C)C)C(=O)N[C@@H](C)C(=O)N[C@@H](C)C(=O)N[C@H](C(=O)N[C@@H](Cc1cnc[nH]1)C(=O)N[C@@H](CO)C(=O)N[C@H](C(=O)N[C@@H](Cc1ccccc1)C(=O)O)[C@@H](C)O)[C@@H](C)O. The second-order valence-corrected chi connectivity index (χ2v) is 23.1. The van der Waals surface area contributed by atoms with Crippen molar-refractivity contribution >= 4 is 88.7 Å². The van der Waals surface area contributed by atoms with Crippen LogP contribution in [0.3, 0.4) is 0 Å². The van der Waals surface area contributed by atoms with E-state index in [1.165, 1.54) is 43.0 Å². The van der Waals surface area contributed by atoms with E-state index in [2.05, 4.69) is 68.1 Å². The molecule has 1 aliphatic rings. The monoisotopic (exact) mass is 1300 g/mol. The van der Waals surface area contributed by atoms with Crippen molar-refractivity contribution in [3.8, 4) is 0 Å². The molecule has 14 atom stereocenters. The Morgan fingerprint density at radius 2 is 1.12 bits per heavy atom. The van der Waals surface area contributed by atoms with Gasteiger partial charge in [0.2, 0.25) is 65.0 Å². The summed E-state index contributed by atoms with van der Waals surface area (Å²) in [5.41, 5.74) is 17.8. The average Bonchev–Trinajstić information content (AvgIpc) is 2.15. The smallest absolute Gasteiger partial charge is 0.326 e. The second-order valence-electron chi connectivity index (χ2n) is 22.1. The minimum absolute atomic E-state index is 0.0261. The van der Waals surface area contributed by atoms with Gasteiger partial charge in [-0.15, -0.1) is 0 Å². The van der Waals surface area contributed by atoms with E-state index in [1.807, 2.05) is 0 Å². The summed E-state index contributed by atoms with van der Waals surface area (Å²) in [5.74, 6) is -12.1. The summed E-state index contributed by atoms with van der Waals surface area (Å²) in [5, 5.41) is 75.3. The van der Waals surface area contributed by atoms with Crippen LogP contribution in [0.1, 0.15) is 84.9 Å². The Hall–Kier alpha value is -8.51. The Balaban J connectivity index is 1.69. The second kappa shape index (κ2) is 38.2. The zero-order valence-corrected chi connectivity index (χ0v) is 52.6.